The summed E-state index contributed by atoms with van der Waals surface area (Å²) in [5.41, 5.74) is 7.34. The van der Waals surface area contributed by atoms with Gasteiger partial charge in [-0.25, -0.2) is 15.0 Å². The lowest BCUT2D eigenvalue weighted by Crippen LogP contribution is -2.41. The van der Waals surface area contributed by atoms with Gasteiger partial charge in [-0.1, -0.05) is 115 Å². The Bertz CT molecular complexity index is 1870. The van der Waals surface area contributed by atoms with Gasteiger partial charge in [0, 0.05) is 16.7 Å². The minimum atomic E-state index is -0.435. The molecule has 6 aromatic rings. The zero-order valence-corrected chi connectivity index (χ0v) is 25.9. The van der Waals surface area contributed by atoms with E-state index >= 15 is 0 Å². The molecule has 0 N–H and O–H groups in total. The molecule has 5 nitrogen and oxygen atoms in total. The lowest BCUT2D eigenvalue weighted by Gasteiger charge is -2.32. The van der Waals surface area contributed by atoms with E-state index in [0.717, 1.165) is 44.4 Å². The van der Waals surface area contributed by atoms with Crippen LogP contribution in [0.5, 0.6) is 0 Å². The minimum Gasteiger partial charge on any atom is -0.399 e. The fourth-order valence-electron chi connectivity index (χ4n) is 5.47. The van der Waals surface area contributed by atoms with E-state index in [2.05, 4.69) is 94.4 Å². The number of benzene rings is 5. The fourth-order valence-corrected chi connectivity index (χ4v) is 5.47. The van der Waals surface area contributed by atoms with Gasteiger partial charge in [-0.3, -0.25) is 0 Å². The highest BCUT2D eigenvalue weighted by Gasteiger charge is 2.51. The Kier molecular flexibility index (Phi) is 7.40. The molecule has 1 aliphatic rings. The molecule has 0 aliphatic carbocycles. The molecule has 1 saturated heterocycles. The van der Waals surface area contributed by atoms with Gasteiger partial charge in [0.1, 0.15) is 0 Å². The quantitative estimate of drug-likeness (QED) is 0.183. The second-order valence-corrected chi connectivity index (χ2v) is 12.4. The monoisotopic (exact) mass is 587 g/mol. The van der Waals surface area contributed by atoms with E-state index in [-0.39, 0.29) is 0 Å². The fraction of sp³-hybridized carbons (Fsp3) is 0.154. The Morgan fingerprint density at radius 1 is 0.400 bits per heavy atom. The zero-order chi connectivity index (χ0) is 31.0. The number of nitrogens with zero attached hydrogens (tertiary/aromatic N) is 3. The van der Waals surface area contributed by atoms with Gasteiger partial charge in [-0.05, 0) is 73.6 Å². The van der Waals surface area contributed by atoms with Gasteiger partial charge in [-0.2, -0.15) is 0 Å². The van der Waals surface area contributed by atoms with Gasteiger partial charge in [0.25, 0.3) is 0 Å². The summed E-state index contributed by atoms with van der Waals surface area (Å²) in [5, 5.41) is 0. The molecule has 0 unspecified atom stereocenters. The third-order valence-electron chi connectivity index (χ3n) is 8.77. The molecule has 1 aliphatic heterocycles. The first-order chi connectivity index (χ1) is 21.8. The smallest absolute Gasteiger partial charge is 0.399 e. The molecule has 0 amide bonds. The maximum atomic E-state index is 6.28. The molecule has 0 atom stereocenters. The van der Waals surface area contributed by atoms with Gasteiger partial charge < -0.3 is 9.31 Å². The van der Waals surface area contributed by atoms with Crippen LogP contribution in [0.1, 0.15) is 27.7 Å². The van der Waals surface area contributed by atoms with E-state index in [9.17, 15) is 0 Å². The van der Waals surface area contributed by atoms with Crippen LogP contribution in [0.15, 0.2) is 133 Å². The average Bonchev–Trinajstić information content (AvgIpc) is 3.31. The highest BCUT2D eigenvalue weighted by Crippen LogP contribution is 2.37. The molecule has 45 heavy (non-hydrogen) atoms. The van der Waals surface area contributed by atoms with Crippen LogP contribution in [0.25, 0.3) is 56.4 Å². The molecule has 0 spiro atoms. The van der Waals surface area contributed by atoms with Crippen LogP contribution in [0.3, 0.4) is 0 Å². The van der Waals surface area contributed by atoms with E-state index < -0.39 is 18.3 Å². The number of hydrogen-bond acceptors (Lipinski definition) is 5. The summed E-state index contributed by atoms with van der Waals surface area (Å²) in [6.45, 7) is 8.26. The predicted molar refractivity (Wildman–Crippen MR) is 183 cm³/mol. The molecule has 1 fully saturated rings. The van der Waals surface area contributed by atoms with Crippen molar-refractivity contribution in [3.05, 3.63) is 133 Å². The van der Waals surface area contributed by atoms with Gasteiger partial charge in [0.15, 0.2) is 17.5 Å². The molecular weight excluding hydrogens is 553 g/mol. The summed E-state index contributed by atoms with van der Waals surface area (Å²) >= 11 is 0. The molecule has 0 saturated carbocycles. The number of aromatic nitrogens is 3. The summed E-state index contributed by atoms with van der Waals surface area (Å²) in [6.07, 6.45) is 0. The molecule has 2 heterocycles. The van der Waals surface area contributed by atoms with Crippen molar-refractivity contribution >= 4 is 12.6 Å². The van der Waals surface area contributed by atoms with Crippen molar-refractivity contribution in [2.45, 2.75) is 38.9 Å². The second kappa shape index (κ2) is 11.5. The Labute approximate surface area is 265 Å². The molecule has 7 rings (SSSR count). The normalized spacial score (nSPS) is 15.2. The van der Waals surface area contributed by atoms with Crippen molar-refractivity contribution in [2.75, 3.05) is 0 Å². The van der Waals surface area contributed by atoms with Crippen LogP contribution in [0, 0.1) is 0 Å². The predicted octanol–water partition coefficient (Wildman–Crippen LogP) is 8.51. The van der Waals surface area contributed by atoms with Crippen molar-refractivity contribution in [1.29, 1.82) is 0 Å². The topological polar surface area (TPSA) is 57.1 Å². The van der Waals surface area contributed by atoms with Crippen LogP contribution >= 0.6 is 0 Å². The van der Waals surface area contributed by atoms with Crippen LogP contribution < -0.4 is 5.46 Å². The molecule has 1 aromatic heterocycles. The molecular formula is C39H34BN3O2. The van der Waals surface area contributed by atoms with Crippen molar-refractivity contribution in [3.8, 4) is 56.4 Å². The van der Waals surface area contributed by atoms with E-state index in [1.807, 2.05) is 66.7 Å². The zero-order valence-electron chi connectivity index (χ0n) is 25.9. The van der Waals surface area contributed by atoms with Crippen LogP contribution in [-0.2, 0) is 9.31 Å². The molecule has 5 aromatic carbocycles. The van der Waals surface area contributed by atoms with Gasteiger partial charge in [0.05, 0.1) is 11.2 Å². The first kappa shape index (κ1) is 28.8. The summed E-state index contributed by atoms with van der Waals surface area (Å²) in [7, 11) is -0.435. The van der Waals surface area contributed by atoms with Crippen LogP contribution in [-0.4, -0.2) is 33.3 Å². The summed E-state index contributed by atoms with van der Waals surface area (Å²) in [5.74, 6) is 1.84. The highest BCUT2D eigenvalue weighted by atomic mass is 16.7. The second-order valence-electron chi connectivity index (χ2n) is 12.4. The number of rotatable bonds is 6. The maximum Gasteiger partial charge on any atom is 0.494 e. The molecule has 220 valence electrons. The van der Waals surface area contributed by atoms with Gasteiger partial charge >= 0.3 is 7.12 Å². The Balaban J connectivity index is 1.34. The van der Waals surface area contributed by atoms with E-state index in [0.29, 0.717) is 17.5 Å². The Hall–Kier alpha value is -4.91. The Morgan fingerprint density at radius 3 is 1.20 bits per heavy atom. The van der Waals surface area contributed by atoms with Crippen LogP contribution in [0.4, 0.5) is 0 Å². The van der Waals surface area contributed by atoms with Crippen molar-refractivity contribution in [2.24, 2.45) is 0 Å². The lowest BCUT2D eigenvalue weighted by atomic mass is 9.79. The SMILES string of the molecule is CC1(C)OB(c2ccc(-c3nc(-c4ccccc4)nc(-c4cc(-c5ccccc5)cc(-c5ccccc5)c4)n3)cc2)OC1(C)C. The summed E-state index contributed by atoms with van der Waals surface area (Å²) in [6, 6.07) is 45.6. The lowest BCUT2D eigenvalue weighted by molar-refractivity contribution is 0.00578. The van der Waals surface area contributed by atoms with E-state index in [4.69, 9.17) is 24.3 Å². The molecule has 6 heteroatoms. The average molecular weight is 588 g/mol. The standard InChI is InChI=1S/C39H34BN3O2/c1-38(2)39(3,4)45-40(44-38)34-22-20-30(21-23-34)36-41-35(29-18-12-7-13-19-29)42-37(43-36)33-25-31(27-14-8-5-9-15-27)24-32(26-33)28-16-10-6-11-17-28/h5-26H,1-4H3. The van der Waals surface area contributed by atoms with Crippen LogP contribution in [0.2, 0.25) is 0 Å². The maximum absolute atomic E-state index is 6.28. The third-order valence-corrected chi connectivity index (χ3v) is 8.77. The van der Waals surface area contributed by atoms with Crippen molar-refractivity contribution < 1.29 is 9.31 Å². The highest BCUT2D eigenvalue weighted by molar-refractivity contribution is 6.62. The van der Waals surface area contributed by atoms with Crippen molar-refractivity contribution in [1.82, 2.24) is 15.0 Å². The molecule has 0 bridgehead atoms. The minimum absolute atomic E-state index is 0.406. The summed E-state index contributed by atoms with van der Waals surface area (Å²) < 4.78 is 12.6. The third kappa shape index (κ3) is 5.83. The van der Waals surface area contributed by atoms with Gasteiger partial charge in [0.2, 0.25) is 0 Å². The first-order valence-electron chi connectivity index (χ1n) is 15.3. The summed E-state index contributed by atoms with van der Waals surface area (Å²) in [4.78, 5) is 15.0. The van der Waals surface area contributed by atoms with Crippen molar-refractivity contribution in [3.63, 3.8) is 0 Å². The van der Waals surface area contributed by atoms with E-state index in [1.165, 1.54) is 0 Å². The Morgan fingerprint density at radius 2 is 0.756 bits per heavy atom. The molecule has 0 radical (unpaired) electrons. The number of hydrogen-bond donors (Lipinski definition) is 0. The van der Waals surface area contributed by atoms with Gasteiger partial charge in [-0.15, -0.1) is 0 Å². The largest absolute Gasteiger partial charge is 0.494 e. The van der Waals surface area contributed by atoms with E-state index in [1.54, 1.807) is 0 Å². The first-order valence-corrected chi connectivity index (χ1v) is 15.3.